The number of hydroxylamine groups is 1. The summed E-state index contributed by atoms with van der Waals surface area (Å²) in [5.74, 6) is -0.0809. The first-order valence-electron chi connectivity index (χ1n) is 7.18. The Hall–Kier alpha value is -2.55. The molecule has 0 fully saturated rings. The molecule has 4 N–H and O–H groups in total. The van der Waals surface area contributed by atoms with Crippen molar-refractivity contribution in [2.24, 2.45) is 5.73 Å². The monoisotopic (exact) mass is 342 g/mol. The highest BCUT2D eigenvalue weighted by Crippen LogP contribution is 2.30. The highest BCUT2D eigenvalue weighted by atomic mass is 19.4. The number of nitrogens with zero attached hydrogens (tertiary/aromatic N) is 1. The van der Waals surface area contributed by atoms with Crippen LogP contribution in [-0.4, -0.2) is 22.6 Å². The largest absolute Gasteiger partial charge is 0.416 e. The lowest BCUT2D eigenvalue weighted by molar-refractivity contribution is -0.137. The molecule has 0 spiro atoms. The van der Waals surface area contributed by atoms with E-state index in [1.165, 1.54) is 18.5 Å². The lowest BCUT2D eigenvalue weighted by Crippen LogP contribution is -2.30. The van der Waals surface area contributed by atoms with Crippen LogP contribution in [-0.2, 0) is 17.4 Å². The molecule has 130 valence electrons. The number of aromatic nitrogens is 2. The number of rotatable bonds is 7. The summed E-state index contributed by atoms with van der Waals surface area (Å²) in [4.78, 5) is 22.5. The normalized spacial score (nSPS) is 12.8. The van der Waals surface area contributed by atoms with Gasteiger partial charge >= 0.3 is 12.2 Å². The summed E-state index contributed by atoms with van der Waals surface area (Å²) in [5, 5.41) is 0. The number of amides is 2. The number of nitrogens with one attached hydrogen (secondary N) is 2. The van der Waals surface area contributed by atoms with Crippen LogP contribution in [0, 0.1) is 0 Å². The van der Waals surface area contributed by atoms with E-state index < -0.39 is 17.8 Å². The van der Waals surface area contributed by atoms with Crippen molar-refractivity contribution >= 4 is 6.03 Å². The number of halogens is 3. The Balaban J connectivity index is 2.01. The zero-order chi connectivity index (χ0) is 17.6. The SMILES string of the molecule is NC(=O)NOCCC(Cc1ccc(C(F)(F)F)cc1)c1c[nH]cn1. The second-order valence-electron chi connectivity index (χ2n) is 5.19. The van der Waals surface area contributed by atoms with E-state index in [2.05, 4.69) is 9.97 Å². The number of aromatic amines is 1. The molecule has 0 aliphatic rings. The number of urea groups is 1. The number of nitrogens with two attached hydrogens (primary N) is 1. The number of carbonyl (C=O) groups is 1. The second kappa shape index (κ2) is 7.82. The van der Waals surface area contributed by atoms with E-state index in [0.717, 1.165) is 23.4 Å². The lowest BCUT2D eigenvalue weighted by Gasteiger charge is -2.15. The number of hydrogen-bond donors (Lipinski definition) is 3. The fourth-order valence-electron chi connectivity index (χ4n) is 2.29. The maximum Gasteiger partial charge on any atom is 0.416 e. The molecule has 1 unspecified atom stereocenters. The second-order valence-corrected chi connectivity index (χ2v) is 5.19. The third-order valence-electron chi connectivity index (χ3n) is 3.44. The molecule has 24 heavy (non-hydrogen) atoms. The number of hydrogen-bond acceptors (Lipinski definition) is 3. The van der Waals surface area contributed by atoms with Gasteiger partial charge in [-0.05, 0) is 30.5 Å². The van der Waals surface area contributed by atoms with Crippen LogP contribution in [0.1, 0.15) is 29.2 Å². The van der Waals surface area contributed by atoms with Crippen molar-refractivity contribution in [2.45, 2.75) is 24.9 Å². The molecule has 0 aliphatic heterocycles. The number of carbonyl (C=O) groups excluding carboxylic acids is 1. The topological polar surface area (TPSA) is 93.0 Å². The van der Waals surface area contributed by atoms with Crippen LogP contribution in [0.25, 0.3) is 0 Å². The third-order valence-corrected chi connectivity index (χ3v) is 3.44. The molecule has 0 saturated heterocycles. The Kier molecular flexibility index (Phi) is 5.80. The van der Waals surface area contributed by atoms with Gasteiger partial charge in [-0.1, -0.05) is 12.1 Å². The van der Waals surface area contributed by atoms with Crippen LogP contribution >= 0.6 is 0 Å². The van der Waals surface area contributed by atoms with Gasteiger partial charge in [0.05, 0.1) is 24.2 Å². The van der Waals surface area contributed by atoms with Crippen LogP contribution in [0.4, 0.5) is 18.0 Å². The predicted molar refractivity (Wildman–Crippen MR) is 79.8 cm³/mol. The van der Waals surface area contributed by atoms with Crippen LogP contribution < -0.4 is 11.2 Å². The zero-order valence-corrected chi connectivity index (χ0v) is 12.6. The van der Waals surface area contributed by atoms with E-state index in [1.807, 2.05) is 5.48 Å². The minimum atomic E-state index is -4.35. The van der Waals surface area contributed by atoms with Gasteiger partial charge in [0.2, 0.25) is 0 Å². The molecular weight excluding hydrogens is 325 g/mol. The molecular formula is C15H17F3N4O2. The third kappa shape index (κ3) is 5.27. The summed E-state index contributed by atoms with van der Waals surface area (Å²) >= 11 is 0. The number of alkyl halides is 3. The maximum atomic E-state index is 12.6. The van der Waals surface area contributed by atoms with Gasteiger partial charge < -0.3 is 10.7 Å². The Morgan fingerprint density at radius 1 is 1.33 bits per heavy atom. The van der Waals surface area contributed by atoms with E-state index in [9.17, 15) is 18.0 Å². The van der Waals surface area contributed by atoms with E-state index >= 15 is 0 Å². The molecule has 1 aromatic heterocycles. The van der Waals surface area contributed by atoms with Gasteiger partial charge in [-0.2, -0.15) is 13.2 Å². The van der Waals surface area contributed by atoms with Crippen molar-refractivity contribution in [3.8, 4) is 0 Å². The van der Waals surface area contributed by atoms with Gasteiger partial charge in [-0.15, -0.1) is 0 Å². The zero-order valence-electron chi connectivity index (χ0n) is 12.6. The highest BCUT2D eigenvalue weighted by Gasteiger charge is 2.30. The molecule has 1 aromatic carbocycles. The highest BCUT2D eigenvalue weighted by molar-refractivity contribution is 5.70. The quantitative estimate of drug-likeness (QED) is 0.533. The average molecular weight is 342 g/mol. The van der Waals surface area contributed by atoms with Crippen molar-refractivity contribution in [3.63, 3.8) is 0 Å². The summed E-state index contributed by atoms with van der Waals surface area (Å²) in [7, 11) is 0. The van der Waals surface area contributed by atoms with Gasteiger partial charge in [0, 0.05) is 12.1 Å². The Bertz CT molecular complexity index is 642. The van der Waals surface area contributed by atoms with Crippen molar-refractivity contribution in [1.82, 2.24) is 15.4 Å². The van der Waals surface area contributed by atoms with Gasteiger partial charge in [0.15, 0.2) is 0 Å². The van der Waals surface area contributed by atoms with Crippen molar-refractivity contribution in [2.75, 3.05) is 6.61 Å². The molecule has 2 rings (SSSR count). The number of H-pyrrole nitrogens is 1. The first-order chi connectivity index (χ1) is 11.4. The predicted octanol–water partition coefficient (Wildman–Crippen LogP) is 2.74. The smallest absolute Gasteiger partial charge is 0.351 e. The molecule has 1 heterocycles. The lowest BCUT2D eigenvalue weighted by atomic mass is 9.93. The van der Waals surface area contributed by atoms with Crippen LogP contribution in [0.15, 0.2) is 36.8 Å². The van der Waals surface area contributed by atoms with Gasteiger partial charge in [0.1, 0.15) is 0 Å². The molecule has 1 atom stereocenters. The van der Waals surface area contributed by atoms with Crippen molar-refractivity contribution in [3.05, 3.63) is 53.6 Å². The average Bonchev–Trinajstić information content (AvgIpc) is 3.04. The Morgan fingerprint density at radius 2 is 2.04 bits per heavy atom. The van der Waals surface area contributed by atoms with Crippen LogP contribution in [0.2, 0.25) is 0 Å². The van der Waals surface area contributed by atoms with E-state index in [0.29, 0.717) is 12.8 Å². The molecule has 2 aromatic rings. The van der Waals surface area contributed by atoms with Gasteiger partial charge in [-0.25, -0.2) is 15.3 Å². The molecule has 0 aliphatic carbocycles. The van der Waals surface area contributed by atoms with E-state index in [1.54, 1.807) is 6.20 Å². The van der Waals surface area contributed by atoms with E-state index in [-0.39, 0.29) is 12.5 Å². The Labute approximate surface area is 136 Å². The van der Waals surface area contributed by atoms with E-state index in [4.69, 9.17) is 10.6 Å². The Morgan fingerprint density at radius 3 is 2.58 bits per heavy atom. The number of primary amides is 1. The molecule has 0 radical (unpaired) electrons. The van der Waals surface area contributed by atoms with Crippen molar-refractivity contribution in [1.29, 1.82) is 0 Å². The number of imidazole rings is 1. The molecule has 6 nitrogen and oxygen atoms in total. The van der Waals surface area contributed by atoms with Gasteiger partial charge in [0.25, 0.3) is 0 Å². The molecule has 2 amide bonds. The van der Waals surface area contributed by atoms with Crippen LogP contribution in [0.3, 0.4) is 0 Å². The summed E-state index contributed by atoms with van der Waals surface area (Å²) in [6.07, 6.45) is -0.114. The first-order valence-corrected chi connectivity index (χ1v) is 7.18. The summed E-state index contributed by atoms with van der Waals surface area (Å²) in [6, 6.07) is 4.22. The molecule has 9 heteroatoms. The molecule has 0 bridgehead atoms. The minimum Gasteiger partial charge on any atom is -0.351 e. The molecule has 0 saturated carbocycles. The van der Waals surface area contributed by atoms with Gasteiger partial charge in [-0.3, -0.25) is 4.84 Å². The minimum absolute atomic E-state index is 0.0809. The number of benzene rings is 1. The summed E-state index contributed by atoms with van der Waals surface area (Å²) in [5.41, 5.74) is 7.74. The fraction of sp³-hybridized carbons (Fsp3) is 0.333. The summed E-state index contributed by atoms with van der Waals surface area (Å²) in [6.45, 7) is 0.196. The van der Waals surface area contributed by atoms with Crippen molar-refractivity contribution < 1.29 is 22.8 Å². The standard InChI is InChI=1S/C15H17F3N4O2/c16-15(17,18)12-3-1-10(2-4-12)7-11(13-8-20-9-21-13)5-6-24-22-14(19)23/h1-4,8-9,11H,5-7H2,(H,20,21)(H3,19,22,23). The first kappa shape index (κ1) is 17.8. The fourth-order valence-corrected chi connectivity index (χ4v) is 2.29. The maximum absolute atomic E-state index is 12.6. The van der Waals surface area contributed by atoms with Crippen LogP contribution in [0.5, 0.6) is 0 Å². The summed E-state index contributed by atoms with van der Waals surface area (Å²) < 4.78 is 37.8.